The number of azo groups is 1. The van der Waals surface area contributed by atoms with Crippen molar-refractivity contribution in [1.82, 2.24) is 9.97 Å². The normalized spacial score (nSPS) is 13.2. The van der Waals surface area contributed by atoms with Gasteiger partial charge in [0.05, 0.1) is 16.3 Å². The van der Waals surface area contributed by atoms with E-state index < -0.39 is 0 Å². The molecule has 0 saturated heterocycles. The fourth-order valence-electron chi connectivity index (χ4n) is 7.87. The number of rotatable bonds is 33. The average molecular weight is 811 g/mol. The van der Waals surface area contributed by atoms with Crippen molar-refractivity contribution in [3.8, 4) is 9.75 Å². The molecule has 0 aliphatic carbocycles. The van der Waals surface area contributed by atoms with Gasteiger partial charge >= 0.3 is 0 Å². The molecule has 0 amide bonds. The van der Waals surface area contributed by atoms with Crippen LogP contribution in [0, 0.1) is 11.8 Å². The first-order valence-electron chi connectivity index (χ1n) is 22.5. The Kier molecular flexibility index (Phi) is 23.5. The summed E-state index contributed by atoms with van der Waals surface area (Å²) in [7, 11) is 0. The second kappa shape index (κ2) is 28.0. The third-order valence-electron chi connectivity index (χ3n) is 11.3. The molecular weight excluding hydrogens is 737 g/mol. The monoisotopic (exact) mass is 810 g/mol. The maximum absolute atomic E-state index is 5.17. The summed E-state index contributed by atoms with van der Waals surface area (Å²) in [4.78, 5) is 12.7. The van der Waals surface area contributed by atoms with Gasteiger partial charge in [-0.1, -0.05) is 193 Å². The number of unbranched alkanes of at least 4 members (excludes halogenated alkanes) is 16. The highest BCUT2D eigenvalue weighted by atomic mass is 32.1. The van der Waals surface area contributed by atoms with Crippen LogP contribution in [0.4, 0.5) is 10.3 Å². The third kappa shape index (κ3) is 17.3. The summed E-state index contributed by atoms with van der Waals surface area (Å²) in [5.41, 5.74) is 2.41. The number of nitrogens with zero attached hydrogens (tertiary/aromatic N) is 4. The third-order valence-corrected chi connectivity index (χ3v) is 15.3. The van der Waals surface area contributed by atoms with Crippen LogP contribution in [-0.4, -0.2) is 9.97 Å². The largest absolute Gasteiger partial charge is 0.230 e. The molecule has 0 aliphatic rings. The van der Waals surface area contributed by atoms with E-state index in [9.17, 15) is 0 Å². The Labute approximate surface area is 346 Å². The molecule has 4 nitrogen and oxygen atoms in total. The van der Waals surface area contributed by atoms with Gasteiger partial charge in [-0.15, -0.1) is 44.2 Å². The second-order valence-electron chi connectivity index (χ2n) is 16.0. The van der Waals surface area contributed by atoms with E-state index in [2.05, 4.69) is 55.7 Å². The Morgan fingerprint density at radius 2 is 1.04 bits per heavy atom. The smallest absolute Gasteiger partial charge is 0.222 e. The maximum Gasteiger partial charge on any atom is 0.230 e. The predicted octanol–water partition coefficient (Wildman–Crippen LogP) is 18.5. The molecule has 302 valence electrons. The number of hydrogen-bond donors (Lipinski definition) is 0. The minimum absolute atomic E-state index is 0.765. The van der Waals surface area contributed by atoms with Crippen molar-refractivity contribution in [3.63, 3.8) is 0 Å². The average Bonchev–Trinajstić information content (AvgIpc) is 3.99. The molecule has 2 atom stereocenters. The summed E-state index contributed by atoms with van der Waals surface area (Å²) in [6.45, 7) is 9.25. The predicted molar refractivity (Wildman–Crippen MR) is 244 cm³/mol. The maximum atomic E-state index is 5.17. The quantitative estimate of drug-likeness (QED) is 0.0355. The number of thiophene rings is 2. The van der Waals surface area contributed by atoms with E-state index in [1.54, 1.807) is 22.7 Å². The zero-order chi connectivity index (χ0) is 38.1. The van der Waals surface area contributed by atoms with Crippen LogP contribution < -0.4 is 0 Å². The van der Waals surface area contributed by atoms with E-state index in [1.165, 1.54) is 197 Å². The van der Waals surface area contributed by atoms with Crippen molar-refractivity contribution in [2.45, 2.75) is 207 Å². The van der Waals surface area contributed by atoms with Gasteiger partial charge in [0.1, 0.15) is 0 Å². The fourth-order valence-corrected chi connectivity index (χ4v) is 11.7. The highest BCUT2D eigenvalue weighted by Gasteiger charge is 2.19. The molecule has 0 N–H and O–H groups in total. The van der Waals surface area contributed by atoms with Crippen molar-refractivity contribution in [2.75, 3.05) is 0 Å². The number of aryl methyl sites for hydroxylation is 2. The van der Waals surface area contributed by atoms with E-state index in [4.69, 9.17) is 15.1 Å². The van der Waals surface area contributed by atoms with Gasteiger partial charge in [-0.05, 0) is 55.0 Å². The van der Waals surface area contributed by atoms with Crippen LogP contribution in [0.5, 0.6) is 0 Å². The van der Waals surface area contributed by atoms with Crippen molar-refractivity contribution in [3.05, 3.63) is 34.3 Å². The van der Waals surface area contributed by atoms with Crippen molar-refractivity contribution in [1.29, 1.82) is 0 Å². The summed E-state index contributed by atoms with van der Waals surface area (Å²) in [6, 6.07) is 4.63. The zero-order valence-corrected chi connectivity index (χ0v) is 38.0. The lowest BCUT2D eigenvalue weighted by Crippen LogP contribution is -2.04. The van der Waals surface area contributed by atoms with Gasteiger partial charge in [0.15, 0.2) is 0 Å². The van der Waals surface area contributed by atoms with Gasteiger partial charge in [0, 0.05) is 19.7 Å². The molecule has 0 aromatic carbocycles. The number of thiazole rings is 2. The molecular formula is C46H74N4S4. The lowest BCUT2D eigenvalue weighted by molar-refractivity contribution is 0.381. The van der Waals surface area contributed by atoms with Crippen LogP contribution in [0.3, 0.4) is 0 Å². The highest BCUT2D eigenvalue weighted by molar-refractivity contribution is 7.31. The lowest BCUT2D eigenvalue weighted by atomic mass is 9.90. The van der Waals surface area contributed by atoms with Gasteiger partial charge in [-0.2, -0.15) is 0 Å². The Morgan fingerprint density at radius 1 is 0.519 bits per heavy atom. The van der Waals surface area contributed by atoms with Crippen molar-refractivity contribution < 1.29 is 0 Å². The van der Waals surface area contributed by atoms with Crippen LogP contribution in [-0.2, 0) is 12.8 Å². The minimum Gasteiger partial charge on any atom is -0.222 e. The van der Waals surface area contributed by atoms with E-state index in [0.29, 0.717) is 0 Å². The van der Waals surface area contributed by atoms with Gasteiger partial charge < -0.3 is 0 Å². The molecule has 0 spiro atoms. The number of hydrogen-bond acceptors (Lipinski definition) is 8. The molecule has 0 saturated carbocycles. The van der Waals surface area contributed by atoms with Gasteiger partial charge in [0.2, 0.25) is 10.3 Å². The molecule has 0 radical (unpaired) electrons. The molecule has 0 bridgehead atoms. The molecule has 0 fully saturated rings. The summed E-state index contributed by atoms with van der Waals surface area (Å²) in [5.74, 6) is 1.61. The highest BCUT2D eigenvalue weighted by Crippen LogP contribution is 2.43. The molecule has 2 unspecified atom stereocenters. The second-order valence-corrected chi connectivity index (χ2v) is 19.8. The van der Waals surface area contributed by atoms with Crippen LogP contribution in [0.25, 0.3) is 19.2 Å². The zero-order valence-electron chi connectivity index (χ0n) is 34.7. The molecule has 54 heavy (non-hydrogen) atoms. The number of aromatic nitrogens is 2. The van der Waals surface area contributed by atoms with E-state index in [-0.39, 0.29) is 0 Å². The van der Waals surface area contributed by atoms with E-state index >= 15 is 0 Å². The number of fused-ring (bicyclic) bond motifs is 1. The Morgan fingerprint density at radius 3 is 1.61 bits per heavy atom. The van der Waals surface area contributed by atoms with Gasteiger partial charge in [-0.3, -0.25) is 0 Å². The van der Waals surface area contributed by atoms with Crippen molar-refractivity contribution >= 4 is 65.0 Å². The molecule has 4 aromatic heterocycles. The van der Waals surface area contributed by atoms with Crippen LogP contribution in [0.2, 0.25) is 0 Å². The van der Waals surface area contributed by atoms with Gasteiger partial charge in [0.25, 0.3) is 0 Å². The molecule has 4 heterocycles. The first-order chi connectivity index (χ1) is 26.6. The summed E-state index contributed by atoms with van der Waals surface area (Å²) in [5, 5.41) is 15.4. The standard InChI is InChI=1S/C46H74N4S4/c1-5-9-13-17-19-23-27-37(25-21-15-11-7-3)29-31-39-36-52-45(47-39)49-50-46-48-40(44(54-46)43-35-42-41(53-43)33-34-51-42)32-30-38(26-22-16-12-8-4)28-24-20-18-14-10-6-2/h33-38H,5-32H2,1-4H3/b50-49+. The first kappa shape index (κ1) is 45.2. The molecule has 0 aliphatic heterocycles. The SMILES string of the molecule is CCCCCCCCC(CCCCCC)CCc1csc(/N=N/c2nc(CCC(CCCCCC)CCCCCCCC)c(-c3cc4sccc4s3)s2)n1. The Hall–Kier alpha value is -1.48. The molecule has 8 heteroatoms. The van der Waals surface area contributed by atoms with Crippen LogP contribution in [0.1, 0.15) is 206 Å². The fraction of sp³-hybridized carbons (Fsp3) is 0.739. The first-order valence-corrected chi connectivity index (χ1v) is 25.9. The van der Waals surface area contributed by atoms with E-state index in [1.807, 2.05) is 22.7 Å². The summed E-state index contributed by atoms with van der Waals surface area (Å²) in [6.07, 6.45) is 37.5. The van der Waals surface area contributed by atoms with E-state index in [0.717, 1.165) is 34.9 Å². The Balaban J connectivity index is 1.38. The van der Waals surface area contributed by atoms with Gasteiger partial charge in [-0.25, -0.2) is 9.97 Å². The van der Waals surface area contributed by atoms with Crippen LogP contribution in [0.15, 0.2) is 33.1 Å². The minimum atomic E-state index is 0.765. The lowest BCUT2D eigenvalue weighted by Gasteiger charge is -2.17. The molecule has 4 rings (SSSR count). The summed E-state index contributed by atoms with van der Waals surface area (Å²) < 4.78 is 2.75. The summed E-state index contributed by atoms with van der Waals surface area (Å²) >= 11 is 7.09. The Bertz CT molecular complexity index is 1500. The molecule has 4 aromatic rings. The van der Waals surface area contributed by atoms with Crippen molar-refractivity contribution in [2.24, 2.45) is 22.1 Å². The van der Waals surface area contributed by atoms with Crippen LogP contribution >= 0.6 is 45.3 Å². The topological polar surface area (TPSA) is 50.5 Å².